The van der Waals surface area contributed by atoms with Crippen LogP contribution in [0.2, 0.25) is 0 Å². The van der Waals surface area contributed by atoms with Crippen molar-refractivity contribution < 1.29 is 9.53 Å². The molecular formula is C17H20N4O2. The first-order chi connectivity index (χ1) is 11.1. The lowest BCUT2D eigenvalue weighted by atomic mass is 10.1. The highest BCUT2D eigenvalue weighted by Gasteiger charge is 2.14. The number of nitrogens with zero attached hydrogens (tertiary/aromatic N) is 2. The Morgan fingerprint density at radius 3 is 3.04 bits per heavy atom. The Labute approximate surface area is 134 Å². The summed E-state index contributed by atoms with van der Waals surface area (Å²) in [6.07, 6.45) is 9.58. The number of amides is 1. The van der Waals surface area contributed by atoms with Crippen molar-refractivity contribution in [3.05, 3.63) is 54.1 Å². The molecule has 1 unspecified atom stereocenters. The summed E-state index contributed by atoms with van der Waals surface area (Å²) in [6, 6.07) is 5.31. The number of primary amides is 1. The molecule has 0 saturated heterocycles. The number of allylic oxidation sites excluding steroid dienone is 1. The van der Waals surface area contributed by atoms with Gasteiger partial charge in [-0.2, -0.15) is 5.10 Å². The third-order valence-electron chi connectivity index (χ3n) is 3.78. The minimum Gasteiger partial charge on any atom is -0.497 e. The fourth-order valence-corrected chi connectivity index (χ4v) is 2.53. The smallest absolute Gasteiger partial charge is 0.248 e. The predicted octanol–water partition coefficient (Wildman–Crippen LogP) is 2.38. The standard InChI is InChI=1S/C17H20N4O2/c1-12-9-20-21(11-12)16-6-5-13(17(18)22)8-15(16)19-10-14-4-2-3-7-23-14/h3,5-9,11,14,19H,2,4,10H2,1H3,(H2,18,22). The number of carbonyl (C=O) groups is 1. The van der Waals surface area contributed by atoms with E-state index < -0.39 is 5.91 Å². The summed E-state index contributed by atoms with van der Waals surface area (Å²) in [7, 11) is 0. The number of aryl methyl sites for hydroxylation is 1. The van der Waals surface area contributed by atoms with Crippen molar-refractivity contribution in [2.45, 2.75) is 25.9 Å². The van der Waals surface area contributed by atoms with Crippen molar-refractivity contribution in [3.8, 4) is 5.69 Å². The average Bonchev–Trinajstić information content (AvgIpc) is 3.00. The normalized spacial score (nSPS) is 16.8. The molecule has 1 atom stereocenters. The van der Waals surface area contributed by atoms with Gasteiger partial charge >= 0.3 is 0 Å². The van der Waals surface area contributed by atoms with Crippen LogP contribution in [0.3, 0.4) is 0 Å². The van der Waals surface area contributed by atoms with Gasteiger partial charge in [-0.25, -0.2) is 4.68 Å². The quantitative estimate of drug-likeness (QED) is 0.888. The predicted molar refractivity (Wildman–Crippen MR) is 88.6 cm³/mol. The molecular weight excluding hydrogens is 292 g/mol. The molecule has 2 heterocycles. The number of anilines is 1. The average molecular weight is 312 g/mol. The van der Waals surface area contributed by atoms with Gasteiger partial charge in [-0.15, -0.1) is 0 Å². The van der Waals surface area contributed by atoms with E-state index in [2.05, 4.69) is 10.4 Å². The monoisotopic (exact) mass is 312 g/mol. The third kappa shape index (κ3) is 3.53. The molecule has 1 aliphatic rings. The summed E-state index contributed by atoms with van der Waals surface area (Å²) in [5.74, 6) is -0.451. The lowest BCUT2D eigenvalue weighted by Gasteiger charge is -2.21. The number of ether oxygens (including phenoxy) is 1. The summed E-state index contributed by atoms with van der Waals surface area (Å²) in [5.41, 5.74) is 8.60. The lowest BCUT2D eigenvalue weighted by molar-refractivity contribution is 0.100. The van der Waals surface area contributed by atoms with Crippen LogP contribution in [0.4, 0.5) is 5.69 Å². The van der Waals surface area contributed by atoms with Crippen LogP contribution in [0.25, 0.3) is 5.69 Å². The van der Waals surface area contributed by atoms with E-state index in [-0.39, 0.29) is 6.10 Å². The zero-order valence-electron chi connectivity index (χ0n) is 13.0. The van der Waals surface area contributed by atoms with Crippen LogP contribution in [-0.2, 0) is 4.74 Å². The van der Waals surface area contributed by atoms with E-state index in [9.17, 15) is 4.79 Å². The number of aromatic nitrogens is 2. The third-order valence-corrected chi connectivity index (χ3v) is 3.78. The Hall–Kier alpha value is -2.76. The highest BCUT2D eigenvalue weighted by atomic mass is 16.5. The van der Waals surface area contributed by atoms with E-state index >= 15 is 0 Å². The van der Waals surface area contributed by atoms with Crippen molar-refractivity contribution in [2.75, 3.05) is 11.9 Å². The summed E-state index contributed by atoms with van der Waals surface area (Å²) in [4.78, 5) is 11.4. The van der Waals surface area contributed by atoms with E-state index in [1.54, 1.807) is 29.3 Å². The van der Waals surface area contributed by atoms with E-state index in [1.807, 2.05) is 25.3 Å². The molecule has 1 aromatic heterocycles. The Morgan fingerprint density at radius 1 is 1.52 bits per heavy atom. The lowest BCUT2D eigenvalue weighted by Crippen LogP contribution is -2.24. The number of nitrogens with one attached hydrogen (secondary N) is 1. The van der Waals surface area contributed by atoms with Crippen LogP contribution in [-0.4, -0.2) is 28.3 Å². The maximum absolute atomic E-state index is 11.4. The minimum absolute atomic E-state index is 0.115. The second kappa shape index (κ2) is 6.56. The maximum atomic E-state index is 11.4. The van der Waals surface area contributed by atoms with E-state index in [0.29, 0.717) is 12.1 Å². The SMILES string of the molecule is Cc1cnn(-c2ccc(C(N)=O)cc2NCC2CCC=CO2)c1. The van der Waals surface area contributed by atoms with Crippen LogP contribution in [0, 0.1) is 6.92 Å². The first-order valence-electron chi connectivity index (χ1n) is 7.63. The number of hydrogen-bond donors (Lipinski definition) is 2. The molecule has 6 nitrogen and oxygen atoms in total. The van der Waals surface area contributed by atoms with Gasteiger partial charge in [0, 0.05) is 11.8 Å². The largest absolute Gasteiger partial charge is 0.497 e. The van der Waals surface area contributed by atoms with E-state index in [0.717, 1.165) is 29.8 Å². The Bertz CT molecular complexity index is 736. The Kier molecular flexibility index (Phi) is 4.32. The molecule has 120 valence electrons. The van der Waals surface area contributed by atoms with Gasteiger partial charge in [-0.1, -0.05) is 0 Å². The Morgan fingerprint density at radius 2 is 2.39 bits per heavy atom. The molecule has 2 aromatic rings. The molecule has 0 aliphatic carbocycles. The van der Waals surface area contributed by atoms with Gasteiger partial charge in [0.15, 0.2) is 0 Å². The van der Waals surface area contributed by atoms with Gasteiger partial charge in [0.2, 0.25) is 5.91 Å². The topological polar surface area (TPSA) is 82.2 Å². The molecule has 0 radical (unpaired) electrons. The summed E-state index contributed by atoms with van der Waals surface area (Å²) in [6.45, 7) is 2.64. The van der Waals surface area contributed by atoms with Gasteiger partial charge < -0.3 is 15.8 Å². The minimum atomic E-state index is -0.451. The van der Waals surface area contributed by atoms with Crippen molar-refractivity contribution >= 4 is 11.6 Å². The van der Waals surface area contributed by atoms with Gasteiger partial charge in [-0.05, 0) is 49.6 Å². The van der Waals surface area contributed by atoms with E-state index in [4.69, 9.17) is 10.5 Å². The zero-order chi connectivity index (χ0) is 16.2. The molecule has 0 saturated carbocycles. The summed E-state index contributed by atoms with van der Waals surface area (Å²) in [5, 5.41) is 7.69. The molecule has 3 rings (SSSR count). The van der Waals surface area contributed by atoms with Crippen LogP contribution in [0.5, 0.6) is 0 Å². The molecule has 0 fully saturated rings. The fraction of sp³-hybridized carbons (Fsp3) is 0.294. The maximum Gasteiger partial charge on any atom is 0.248 e. The molecule has 1 aliphatic heterocycles. The molecule has 1 amide bonds. The molecule has 3 N–H and O–H groups in total. The Balaban J connectivity index is 1.86. The second-order valence-electron chi connectivity index (χ2n) is 5.65. The van der Waals surface area contributed by atoms with Crippen LogP contribution in [0.1, 0.15) is 28.8 Å². The van der Waals surface area contributed by atoms with Gasteiger partial charge in [0.05, 0.1) is 30.4 Å². The molecule has 1 aromatic carbocycles. The van der Waals surface area contributed by atoms with Crippen molar-refractivity contribution in [3.63, 3.8) is 0 Å². The number of benzene rings is 1. The molecule has 6 heteroatoms. The van der Waals surface area contributed by atoms with Gasteiger partial charge in [-0.3, -0.25) is 4.79 Å². The van der Waals surface area contributed by atoms with E-state index in [1.165, 1.54) is 0 Å². The van der Waals surface area contributed by atoms with Gasteiger partial charge in [0.25, 0.3) is 0 Å². The fourth-order valence-electron chi connectivity index (χ4n) is 2.53. The number of nitrogens with two attached hydrogens (primary N) is 1. The van der Waals surface area contributed by atoms with Crippen LogP contribution >= 0.6 is 0 Å². The van der Waals surface area contributed by atoms with Crippen molar-refractivity contribution in [1.29, 1.82) is 0 Å². The first-order valence-corrected chi connectivity index (χ1v) is 7.63. The summed E-state index contributed by atoms with van der Waals surface area (Å²) < 4.78 is 7.35. The number of rotatable bonds is 5. The second-order valence-corrected chi connectivity index (χ2v) is 5.65. The molecule has 0 bridgehead atoms. The van der Waals surface area contributed by atoms with Crippen molar-refractivity contribution in [1.82, 2.24) is 9.78 Å². The van der Waals surface area contributed by atoms with Gasteiger partial charge in [0.1, 0.15) is 6.10 Å². The highest BCUT2D eigenvalue weighted by molar-refractivity contribution is 5.94. The molecule has 23 heavy (non-hydrogen) atoms. The van der Waals surface area contributed by atoms with Crippen molar-refractivity contribution in [2.24, 2.45) is 5.73 Å². The number of carbonyl (C=O) groups excluding carboxylic acids is 1. The highest BCUT2D eigenvalue weighted by Crippen LogP contribution is 2.23. The van der Waals surface area contributed by atoms with Crippen LogP contribution in [0.15, 0.2) is 42.9 Å². The van der Waals surface area contributed by atoms with Crippen LogP contribution < -0.4 is 11.1 Å². The molecule has 0 spiro atoms. The summed E-state index contributed by atoms with van der Waals surface area (Å²) >= 11 is 0. The zero-order valence-corrected chi connectivity index (χ0v) is 13.0. The number of hydrogen-bond acceptors (Lipinski definition) is 4. The first kappa shape index (κ1) is 15.1.